The van der Waals surface area contributed by atoms with Crippen LogP contribution in [0.5, 0.6) is 5.75 Å². The van der Waals surface area contributed by atoms with E-state index in [4.69, 9.17) is 16.7 Å². The smallest absolute Gasteiger partial charge is 0.268 e. The topological polar surface area (TPSA) is 170 Å². The van der Waals surface area contributed by atoms with E-state index in [1.165, 1.54) is 18.2 Å². The van der Waals surface area contributed by atoms with Crippen molar-refractivity contribution in [3.05, 3.63) is 45.2 Å². The van der Waals surface area contributed by atoms with E-state index in [9.17, 15) is 20.0 Å². The highest BCUT2D eigenvalue weighted by atomic mass is 16.3. The number of H-pyrrole nitrogens is 1. The summed E-state index contributed by atoms with van der Waals surface area (Å²) < 4.78 is 0. The largest absolute Gasteiger partial charge is 0.507 e. The number of aromatic amines is 1. The van der Waals surface area contributed by atoms with E-state index >= 15 is 0 Å². The number of hydrogen-bond donors (Lipinski definition) is 4. The molecule has 0 saturated heterocycles. The van der Waals surface area contributed by atoms with E-state index in [2.05, 4.69) is 4.98 Å². The summed E-state index contributed by atoms with van der Waals surface area (Å²) in [6.07, 6.45) is 0. The third-order valence-electron chi connectivity index (χ3n) is 3.02. The van der Waals surface area contributed by atoms with Gasteiger partial charge in [-0.2, -0.15) is 10.5 Å². The maximum absolute atomic E-state index is 11.8. The van der Waals surface area contributed by atoms with E-state index in [-0.39, 0.29) is 39.4 Å². The first-order valence-corrected chi connectivity index (χ1v) is 5.89. The fraction of sp³-hybridized carbons (Fsp3) is 0. The van der Waals surface area contributed by atoms with Gasteiger partial charge in [-0.15, -0.1) is 0 Å². The highest BCUT2D eigenvalue weighted by Crippen LogP contribution is 2.31. The lowest BCUT2D eigenvalue weighted by molar-refractivity contribution is 0.0998. The molecule has 0 bridgehead atoms. The number of nitriles is 2. The molecule has 0 aliphatic rings. The molecule has 6 N–H and O–H groups in total. The number of aromatic hydroxyl groups is 1. The number of carbonyl (C=O) groups excluding carboxylic acids is 1. The Labute approximate surface area is 123 Å². The number of primary amides is 1. The summed E-state index contributed by atoms with van der Waals surface area (Å²) in [7, 11) is 0. The Hall–Kier alpha value is -3.78. The number of pyridine rings is 1. The van der Waals surface area contributed by atoms with Crippen molar-refractivity contribution in [2.24, 2.45) is 5.73 Å². The average Bonchev–Trinajstić information content (AvgIpc) is 2.47. The number of anilines is 1. The Balaban J connectivity index is 2.92. The van der Waals surface area contributed by atoms with Gasteiger partial charge in [-0.3, -0.25) is 9.59 Å². The van der Waals surface area contributed by atoms with Crippen molar-refractivity contribution in [1.82, 2.24) is 4.98 Å². The van der Waals surface area contributed by atoms with Gasteiger partial charge in [0.2, 0.25) is 0 Å². The Bertz CT molecular complexity index is 931. The van der Waals surface area contributed by atoms with E-state index in [1.54, 1.807) is 12.1 Å². The highest BCUT2D eigenvalue weighted by Gasteiger charge is 2.19. The number of nitrogens with two attached hydrogens (primary N) is 2. The van der Waals surface area contributed by atoms with E-state index in [0.29, 0.717) is 0 Å². The molecule has 0 saturated carbocycles. The number of phenols is 1. The van der Waals surface area contributed by atoms with E-state index in [1.807, 2.05) is 0 Å². The van der Waals surface area contributed by atoms with Crippen LogP contribution in [0.2, 0.25) is 0 Å². The molecular weight excluding hydrogens is 286 g/mol. The first-order chi connectivity index (χ1) is 10.4. The molecule has 22 heavy (non-hydrogen) atoms. The van der Waals surface area contributed by atoms with Crippen molar-refractivity contribution in [2.45, 2.75) is 0 Å². The number of carbonyl (C=O) groups is 1. The molecule has 2 aromatic rings. The molecule has 1 heterocycles. The number of nitrogens with one attached hydrogen (secondary N) is 1. The van der Waals surface area contributed by atoms with E-state index in [0.717, 1.165) is 0 Å². The van der Waals surface area contributed by atoms with Gasteiger partial charge in [-0.05, 0) is 17.7 Å². The van der Waals surface area contributed by atoms with Crippen LogP contribution in [0.15, 0.2) is 23.0 Å². The van der Waals surface area contributed by atoms with Crippen LogP contribution in [-0.4, -0.2) is 16.0 Å². The molecule has 0 radical (unpaired) electrons. The molecule has 0 aliphatic heterocycles. The molecule has 1 amide bonds. The average molecular weight is 295 g/mol. The Morgan fingerprint density at radius 2 is 1.86 bits per heavy atom. The lowest BCUT2D eigenvalue weighted by Gasteiger charge is -2.10. The molecule has 108 valence electrons. The van der Waals surface area contributed by atoms with Crippen LogP contribution < -0.4 is 17.0 Å². The number of hydrogen-bond acceptors (Lipinski definition) is 6. The third kappa shape index (κ3) is 2.21. The first-order valence-electron chi connectivity index (χ1n) is 5.89. The molecule has 1 aromatic heterocycles. The first kappa shape index (κ1) is 14.6. The lowest BCUT2D eigenvalue weighted by atomic mass is 9.95. The summed E-state index contributed by atoms with van der Waals surface area (Å²) >= 11 is 0. The number of benzene rings is 1. The quantitative estimate of drug-likeness (QED) is 0.615. The standard InChI is InChI=1S/C14H9N5O3/c15-4-8-11(9(5-16)14(22)19-12(8)17)6-1-2-10(20)7(3-6)13(18)21/h1-3,20H,(H2,18,21)(H3,17,19,22). The van der Waals surface area contributed by atoms with Crippen LogP contribution in [0, 0.1) is 22.7 Å². The molecule has 1 aromatic carbocycles. The van der Waals surface area contributed by atoms with Gasteiger partial charge in [0.05, 0.1) is 5.56 Å². The SMILES string of the molecule is N#Cc1c(N)[nH]c(=O)c(C#N)c1-c1ccc(O)c(C(N)=O)c1. The van der Waals surface area contributed by atoms with Crippen LogP contribution in [0.25, 0.3) is 11.1 Å². The minimum atomic E-state index is -0.894. The number of aromatic nitrogens is 1. The summed E-state index contributed by atoms with van der Waals surface area (Å²) in [5.74, 6) is -1.45. The van der Waals surface area contributed by atoms with Crippen LogP contribution in [0.4, 0.5) is 5.82 Å². The molecule has 0 unspecified atom stereocenters. The number of rotatable bonds is 2. The molecule has 0 spiro atoms. The molecule has 0 fully saturated rings. The zero-order chi connectivity index (χ0) is 16.4. The molecule has 8 nitrogen and oxygen atoms in total. The van der Waals surface area contributed by atoms with Gasteiger partial charge < -0.3 is 21.6 Å². The molecule has 8 heteroatoms. The summed E-state index contributed by atoms with van der Waals surface area (Å²) in [5, 5.41) is 27.9. The second kappa shape index (κ2) is 5.31. The number of amides is 1. The summed E-state index contributed by atoms with van der Waals surface area (Å²) in [6.45, 7) is 0. The molecule has 2 rings (SSSR count). The van der Waals surface area contributed by atoms with Gasteiger partial charge >= 0.3 is 0 Å². The van der Waals surface area contributed by atoms with Gasteiger partial charge in [0.1, 0.15) is 34.8 Å². The number of nitrogens with zero attached hydrogens (tertiary/aromatic N) is 2. The Morgan fingerprint density at radius 1 is 1.23 bits per heavy atom. The van der Waals surface area contributed by atoms with Crippen molar-refractivity contribution in [3.8, 4) is 29.0 Å². The summed E-state index contributed by atoms with van der Waals surface area (Å²) in [5.41, 5.74) is 9.50. The van der Waals surface area contributed by atoms with Gasteiger partial charge in [-0.25, -0.2) is 0 Å². The minimum absolute atomic E-state index is 0.0197. The van der Waals surface area contributed by atoms with Gasteiger partial charge in [0, 0.05) is 5.56 Å². The lowest BCUT2D eigenvalue weighted by Crippen LogP contribution is -2.16. The maximum Gasteiger partial charge on any atom is 0.268 e. The molecule has 0 aliphatic carbocycles. The zero-order valence-corrected chi connectivity index (χ0v) is 11.0. The molecule has 0 atom stereocenters. The predicted molar refractivity (Wildman–Crippen MR) is 76.5 cm³/mol. The van der Waals surface area contributed by atoms with Gasteiger partial charge in [0.25, 0.3) is 11.5 Å². The maximum atomic E-state index is 11.8. The van der Waals surface area contributed by atoms with Crippen LogP contribution in [0.3, 0.4) is 0 Å². The van der Waals surface area contributed by atoms with Crippen LogP contribution in [-0.2, 0) is 0 Å². The highest BCUT2D eigenvalue weighted by molar-refractivity contribution is 5.97. The van der Waals surface area contributed by atoms with Crippen LogP contribution in [0.1, 0.15) is 21.5 Å². The summed E-state index contributed by atoms with van der Waals surface area (Å²) in [4.78, 5) is 25.3. The van der Waals surface area contributed by atoms with Crippen molar-refractivity contribution >= 4 is 11.7 Å². The Morgan fingerprint density at radius 3 is 2.41 bits per heavy atom. The summed E-state index contributed by atoms with van der Waals surface area (Å²) in [6, 6.07) is 7.21. The number of nitrogen functional groups attached to an aromatic ring is 1. The fourth-order valence-electron chi connectivity index (χ4n) is 2.02. The second-order valence-electron chi connectivity index (χ2n) is 4.31. The monoisotopic (exact) mass is 295 g/mol. The van der Waals surface area contributed by atoms with Crippen molar-refractivity contribution < 1.29 is 9.90 Å². The Kier molecular flexibility index (Phi) is 3.53. The van der Waals surface area contributed by atoms with Crippen molar-refractivity contribution in [1.29, 1.82) is 10.5 Å². The second-order valence-corrected chi connectivity index (χ2v) is 4.31. The minimum Gasteiger partial charge on any atom is -0.507 e. The van der Waals surface area contributed by atoms with Crippen molar-refractivity contribution in [3.63, 3.8) is 0 Å². The van der Waals surface area contributed by atoms with Crippen molar-refractivity contribution in [2.75, 3.05) is 5.73 Å². The zero-order valence-electron chi connectivity index (χ0n) is 11.0. The third-order valence-corrected chi connectivity index (χ3v) is 3.02. The van der Waals surface area contributed by atoms with Crippen LogP contribution >= 0.6 is 0 Å². The predicted octanol–water partition coefficient (Wildman–Crippen LogP) is 0.172. The van der Waals surface area contributed by atoms with E-state index < -0.39 is 11.5 Å². The molecular formula is C14H9N5O3. The fourth-order valence-corrected chi connectivity index (χ4v) is 2.02. The van der Waals surface area contributed by atoms with Gasteiger partial charge in [0.15, 0.2) is 0 Å². The normalized spacial score (nSPS) is 9.73. The van der Waals surface area contributed by atoms with Gasteiger partial charge in [-0.1, -0.05) is 6.07 Å².